The number of ether oxygens (including phenoxy) is 1. The van der Waals surface area contributed by atoms with Crippen LogP contribution in [0, 0.1) is 0 Å². The number of carbonyl (C=O) groups is 2. The van der Waals surface area contributed by atoms with Crippen molar-refractivity contribution in [1.29, 1.82) is 0 Å². The summed E-state index contributed by atoms with van der Waals surface area (Å²) in [5.41, 5.74) is -1.45. The van der Waals surface area contributed by atoms with E-state index in [0.717, 1.165) is 17.4 Å². The van der Waals surface area contributed by atoms with Crippen LogP contribution in [0.5, 0.6) is 0 Å². The lowest BCUT2D eigenvalue weighted by atomic mass is 9.77. The maximum atomic E-state index is 13.8. The zero-order chi connectivity index (χ0) is 27.5. The summed E-state index contributed by atoms with van der Waals surface area (Å²) >= 11 is 0.810. The number of piperidine rings is 1. The molecule has 0 radical (unpaired) electrons. The number of pyridine rings is 1. The van der Waals surface area contributed by atoms with Gasteiger partial charge in [-0.25, -0.2) is 9.78 Å². The zero-order valence-corrected chi connectivity index (χ0v) is 21.1. The van der Waals surface area contributed by atoms with Crippen molar-refractivity contribution in [2.24, 2.45) is 0 Å². The molecule has 5 heterocycles. The fourth-order valence-electron chi connectivity index (χ4n) is 5.28. The highest BCUT2D eigenvalue weighted by Gasteiger charge is 2.57. The van der Waals surface area contributed by atoms with E-state index in [-0.39, 0.29) is 47.8 Å². The molecule has 2 amide bonds. The fourth-order valence-corrected chi connectivity index (χ4v) is 6.31. The first-order valence-electron chi connectivity index (χ1n) is 12.0. The van der Waals surface area contributed by atoms with Gasteiger partial charge in [0.1, 0.15) is 11.9 Å². The molecule has 1 spiro atoms. The molecule has 1 N–H and O–H groups in total. The number of carbonyl (C=O) groups excluding carboxylic acids is 2. The van der Waals surface area contributed by atoms with Gasteiger partial charge in [0.2, 0.25) is 0 Å². The Labute approximate surface area is 217 Å². The van der Waals surface area contributed by atoms with Crippen LogP contribution in [0.1, 0.15) is 35.2 Å². The third kappa shape index (κ3) is 4.97. The summed E-state index contributed by atoms with van der Waals surface area (Å²) in [5, 5.41) is 3.77. The Morgan fingerprint density at radius 2 is 1.84 bits per heavy atom. The molecule has 0 atom stereocenters. The summed E-state index contributed by atoms with van der Waals surface area (Å²) < 4.78 is 85.1. The Hall–Kier alpha value is -2.81. The maximum Gasteiger partial charge on any atom is 0.417 e. The second-order valence-corrected chi connectivity index (χ2v) is 10.7. The molecule has 8 nitrogen and oxygen atoms in total. The number of alkyl halides is 6. The normalized spacial score (nSPS) is 20.4. The van der Waals surface area contributed by atoms with Crippen LogP contribution in [0.2, 0.25) is 0 Å². The van der Waals surface area contributed by atoms with Crippen molar-refractivity contribution >= 4 is 39.4 Å². The number of likely N-dealkylation sites (tertiary alicyclic amines) is 2. The Bertz CT molecular complexity index is 1230. The lowest BCUT2D eigenvalue weighted by molar-refractivity contribution is -0.200. The predicted octanol–water partition coefficient (Wildman–Crippen LogP) is 4.10. The smallest absolute Gasteiger partial charge is 0.417 e. The first-order chi connectivity index (χ1) is 17.8. The number of hydrogen-bond acceptors (Lipinski definition) is 7. The summed E-state index contributed by atoms with van der Waals surface area (Å²) in [5.74, 6) is -0.451. The molecule has 3 aliphatic heterocycles. The van der Waals surface area contributed by atoms with Crippen molar-refractivity contribution < 1.29 is 40.7 Å². The largest absolute Gasteiger partial charge is 0.446 e. The number of thiophene rings is 1. The summed E-state index contributed by atoms with van der Waals surface area (Å²) in [6, 6.07) is 0.976. The van der Waals surface area contributed by atoms with E-state index in [4.69, 9.17) is 4.74 Å². The minimum absolute atomic E-state index is 0.0185. The third-order valence-corrected chi connectivity index (χ3v) is 8.44. The predicted molar refractivity (Wildman–Crippen MR) is 126 cm³/mol. The molecular weight excluding hydrogens is 540 g/mol. The second kappa shape index (κ2) is 9.43. The van der Waals surface area contributed by atoms with Crippen LogP contribution in [0.15, 0.2) is 11.4 Å². The SMILES string of the molecule is CNC(=O)c1csc2c(C(F)(F)F)cc(N3CCC(OC(=O)N4CC5(CCN5CC(F)(F)F)C4)CC3)nc12. The van der Waals surface area contributed by atoms with Crippen molar-refractivity contribution in [1.82, 2.24) is 20.1 Å². The van der Waals surface area contributed by atoms with Gasteiger partial charge in [0.25, 0.3) is 5.91 Å². The first-order valence-corrected chi connectivity index (χ1v) is 12.9. The molecule has 208 valence electrons. The highest BCUT2D eigenvalue weighted by molar-refractivity contribution is 7.17. The molecule has 3 aliphatic rings. The maximum absolute atomic E-state index is 13.8. The van der Waals surface area contributed by atoms with Crippen molar-refractivity contribution in [2.75, 3.05) is 51.2 Å². The van der Waals surface area contributed by atoms with Crippen molar-refractivity contribution in [3.8, 4) is 0 Å². The Morgan fingerprint density at radius 3 is 2.39 bits per heavy atom. The zero-order valence-electron chi connectivity index (χ0n) is 20.3. The fraction of sp³-hybridized carbons (Fsp3) is 0.609. The van der Waals surface area contributed by atoms with Gasteiger partial charge in [0, 0.05) is 58.0 Å². The minimum atomic E-state index is -4.64. The minimum Gasteiger partial charge on any atom is -0.446 e. The van der Waals surface area contributed by atoms with Crippen LogP contribution in [-0.2, 0) is 10.9 Å². The summed E-state index contributed by atoms with van der Waals surface area (Å²) in [7, 11) is 1.39. The second-order valence-electron chi connectivity index (χ2n) is 9.87. The highest BCUT2D eigenvalue weighted by Crippen LogP contribution is 2.42. The van der Waals surface area contributed by atoms with Crippen LogP contribution in [0.3, 0.4) is 0 Å². The van der Waals surface area contributed by atoms with E-state index in [1.807, 2.05) is 0 Å². The number of amides is 2. The summed E-state index contributed by atoms with van der Waals surface area (Å²) in [6.45, 7) is 0.248. The topological polar surface area (TPSA) is 78.0 Å². The van der Waals surface area contributed by atoms with Gasteiger partial charge in [-0.05, 0) is 12.5 Å². The van der Waals surface area contributed by atoms with Gasteiger partial charge >= 0.3 is 18.4 Å². The van der Waals surface area contributed by atoms with Crippen LogP contribution in [-0.4, -0.2) is 90.9 Å². The number of aromatic nitrogens is 1. The summed E-state index contributed by atoms with van der Waals surface area (Å²) in [6.07, 6.45) is -8.73. The number of rotatable bonds is 4. The van der Waals surface area contributed by atoms with E-state index in [1.165, 1.54) is 22.2 Å². The number of halogens is 6. The summed E-state index contributed by atoms with van der Waals surface area (Å²) in [4.78, 5) is 33.5. The average Bonchev–Trinajstić information content (AvgIpc) is 3.23. The molecule has 0 aliphatic carbocycles. The van der Waals surface area contributed by atoms with Crippen LogP contribution in [0.25, 0.3) is 10.2 Å². The molecule has 15 heteroatoms. The van der Waals surface area contributed by atoms with E-state index < -0.39 is 48.1 Å². The average molecular weight is 566 g/mol. The number of nitrogens with zero attached hydrogens (tertiary/aromatic N) is 4. The van der Waals surface area contributed by atoms with E-state index in [9.17, 15) is 35.9 Å². The van der Waals surface area contributed by atoms with E-state index in [2.05, 4.69) is 10.3 Å². The van der Waals surface area contributed by atoms with Crippen LogP contribution < -0.4 is 10.2 Å². The number of hydrogen-bond donors (Lipinski definition) is 1. The Balaban J connectivity index is 1.21. The molecule has 3 fully saturated rings. The van der Waals surface area contributed by atoms with Crippen LogP contribution >= 0.6 is 11.3 Å². The molecule has 5 rings (SSSR count). The van der Waals surface area contributed by atoms with Gasteiger partial charge in [0.05, 0.1) is 33.4 Å². The highest BCUT2D eigenvalue weighted by atomic mass is 32.1. The number of nitrogens with one attached hydrogen (secondary N) is 1. The molecule has 0 aromatic carbocycles. The monoisotopic (exact) mass is 565 g/mol. The molecule has 2 aromatic rings. The van der Waals surface area contributed by atoms with Gasteiger partial charge in [0.15, 0.2) is 0 Å². The molecule has 0 saturated carbocycles. The standard InChI is InChI=1S/C23H25F6N5O3S/c1-30-19(35)14-9-38-18-15(23(27,28)29)8-16(31-17(14)18)32-5-2-13(3-6-32)37-20(36)33-10-21(11-33)4-7-34(21)12-22(24,25)26/h8-9,13H,2-7,10-12H2,1H3,(H,30,35). The van der Waals surface area contributed by atoms with Gasteiger partial charge in [-0.3, -0.25) is 9.69 Å². The van der Waals surface area contributed by atoms with Crippen LogP contribution in [0.4, 0.5) is 37.0 Å². The Morgan fingerprint density at radius 1 is 1.16 bits per heavy atom. The quantitative estimate of drug-likeness (QED) is 0.563. The lowest BCUT2D eigenvalue weighted by Crippen LogP contribution is -2.78. The lowest BCUT2D eigenvalue weighted by Gasteiger charge is -2.62. The molecule has 38 heavy (non-hydrogen) atoms. The van der Waals surface area contributed by atoms with Crippen molar-refractivity contribution in [2.45, 2.75) is 43.3 Å². The van der Waals surface area contributed by atoms with Crippen molar-refractivity contribution in [3.63, 3.8) is 0 Å². The molecule has 2 aromatic heterocycles. The molecule has 0 unspecified atom stereocenters. The van der Waals surface area contributed by atoms with E-state index >= 15 is 0 Å². The van der Waals surface area contributed by atoms with E-state index in [1.54, 1.807) is 4.90 Å². The van der Waals surface area contributed by atoms with E-state index in [0.29, 0.717) is 25.8 Å². The first kappa shape index (κ1) is 26.8. The number of anilines is 1. The molecular formula is C23H25F6N5O3S. The molecule has 3 saturated heterocycles. The molecule has 0 bridgehead atoms. The van der Waals surface area contributed by atoms with Crippen molar-refractivity contribution in [3.05, 3.63) is 22.6 Å². The van der Waals surface area contributed by atoms with Gasteiger partial charge in [-0.1, -0.05) is 0 Å². The van der Waals surface area contributed by atoms with Gasteiger partial charge in [-0.15, -0.1) is 11.3 Å². The van der Waals surface area contributed by atoms with Gasteiger partial charge < -0.3 is 19.9 Å². The number of fused-ring (bicyclic) bond motifs is 1. The van der Waals surface area contributed by atoms with Gasteiger partial charge in [-0.2, -0.15) is 26.3 Å². The Kier molecular flexibility index (Phi) is 6.65. The third-order valence-electron chi connectivity index (χ3n) is 7.44.